The molecule has 1 aromatic carbocycles. The lowest BCUT2D eigenvalue weighted by Crippen LogP contribution is -2.37. The summed E-state index contributed by atoms with van der Waals surface area (Å²) in [4.78, 5) is 32.3. The minimum atomic E-state index is -0.347. The zero-order chi connectivity index (χ0) is 18.1. The van der Waals surface area contributed by atoms with Gasteiger partial charge in [-0.25, -0.2) is 9.78 Å². The highest BCUT2D eigenvalue weighted by atomic mass is 32.2. The van der Waals surface area contributed by atoms with E-state index in [1.54, 1.807) is 6.92 Å². The Morgan fingerprint density at radius 3 is 2.85 bits per heavy atom. The van der Waals surface area contributed by atoms with Crippen molar-refractivity contribution in [2.24, 2.45) is 0 Å². The van der Waals surface area contributed by atoms with Crippen LogP contribution in [0.4, 0.5) is 4.79 Å². The van der Waals surface area contributed by atoms with Crippen LogP contribution in [0.2, 0.25) is 0 Å². The summed E-state index contributed by atoms with van der Waals surface area (Å²) in [5.74, 6) is 0.827. The molecule has 0 unspecified atom stereocenters. The van der Waals surface area contributed by atoms with Gasteiger partial charge in [-0.15, -0.1) is 0 Å². The van der Waals surface area contributed by atoms with Crippen molar-refractivity contribution in [3.8, 4) is 11.3 Å². The normalized spacial score (nSPS) is 17.0. The molecule has 5 nitrogen and oxygen atoms in total. The molecule has 0 bridgehead atoms. The maximum absolute atomic E-state index is 13.0. The molecule has 2 aliphatic carbocycles. The average Bonchev–Trinajstić information content (AvgIpc) is 3.08. The van der Waals surface area contributed by atoms with E-state index in [0.717, 1.165) is 60.7 Å². The van der Waals surface area contributed by atoms with E-state index in [-0.39, 0.29) is 16.3 Å². The number of aromatic nitrogens is 2. The number of fused-ring (bicyclic) bond motifs is 4. The summed E-state index contributed by atoms with van der Waals surface area (Å²) in [6.45, 7) is 2.12. The molecule has 0 saturated heterocycles. The Balaban J connectivity index is 1.78. The van der Waals surface area contributed by atoms with Crippen molar-refractivity contribution in [1.29, 1.82) is 0 Å². The zero-order valence-corrected chi connectivity index (χ0v) is 15.7. The fourth-order valence-corrected chi connectivity index (χ4v) is 4.99. The fraction of sp³-hybridized carbons (Fsp3) is 0.450. The van der Waals surface area contributed by atoms with E-state index in [9.17, 15) is 9.59 Å². The molecule has 1 aromatic heterocycles. The monoisotopic (exact) mass is 370 g/mol. The molecular weight excluding hydrogens is 348 g/mol. The summed E-state index contributed by atoms with van der Waals surface area (Å²) in [6, 6.07) is 8.24. The second-order valence-electron chi connectivity index (χ2n) is 7.03. The van der Waals surface area contributed by atoms with Crippen LogP contribution in [0.25, 0.3) is 11.3 Å². The quantitative estimate of drug-likeness (QED) is 0.820. The maximum Gasteiger partial charge on any atom is 0.367 e. The molecule has 4 rings (SSSR count). The van der Waals surface area contributed by atoms with E-state index in [2.05, 4.69) is 17.1 Å². The highest BCUT2D eigenvalue weighted by Gasteiger charge is 2.43. The van der Waals surface area contributed by atoms with Crippen LogP contribution in [-0.2, 0) is 22.3 Å². The standard InChI is InChI=1S/C20H22N2O3S/c1-2-25-19(24)26-12-15-21-17-14-8-4-3-7-13(14)11-20(9-5-6-10-20)16(17)18(23)22-15/h3-4,7-8H,2,5-6,9-12H2,1H3,(H,21,22,23). The molecule has 136 valence electrons. The molecule has 2 aromatic rings. The van der Waals surface area contributed by atoms with Crippen LogP contribution >= 0.6 is 11.8 Å². The van der Waals surface area contributed by atoms with Gasteiger partial charge in [-0.05, 0) is 43.5 Å². The molecule has 1 heterocycles. The number of thioether (sulfide) groups is 1. The Bertz CT molecular complexity index is 900. The van der Waals surface area contributed by atoms with Gasteiger partial charge in [0, 0.05) is 11.0 Å². The van der Waals surface area contributed by atoms with Gasteiger partial charge in [-0.2, -0.15) is 0 Å². The largest absolute Gasteiger partial charge is 0.458 e. The summed E-state index contributed by atoms with van der Waals surface area (Å²) in [6.07, 6.45) is 5.30. The third kappa shape index (κ3) is 2.96. The van der Waals surface area contributed by atoms with Crippen LogP contribution in [0.5, 0.6) is 0 Å². The molecule has 0 amide bonds. The van der Waals surface area contributed by atoms with E-state index in [1.165, 1.54) is 5.56 Å². The Hall–Kier alpha value is -2.08. The van der Waals surface area contributed by atoms with Crippen molar-refractivity contribution in [2.75, 3.05) is 6.61 Å². The second-order valence-corrected chi connectivity index (χ2v) is 7.94. The van der Waals surface area contributed by atoms with Crippen LogP contribution in [0.1, 0.15) is 49.6 Å². The zero-order valence-electron chi connectivity index (χ0n) is 14.8. The smallest absolute Gasteiger partial charge is 0.367 e. The van der Waals surface area contributed by atoms with Gasteiger partial charge in [0.1, 0.15) is 5.82 Å². The molecule has 1 saturated carbocycles. The molecule has 26 heavy (non-hydrogen) atoms. The molecule has 0 atom stereocenters. The first kappa shape index (κ1) is 17.3. The summed E-state index contributed by atoms with van der Waals surface area (Å²) < 4.78 is 4.94. The fourth-order valence-electron chi connectivity index (χ4n) is 4.40. The molecule has 2 aliphatic rings. The second kappa shape index (κ2) is 6.91. The van der Waals surface area contributed by atoms with Crippen molar-refractivity contribution >= 4 is 17.1 Å². The number of aromatic amines is 1. The number of hydrogen-bond donors (Lipinski definition) is 1. The van der Waals surface area contributed by atoms with Crippen molar-refractivity contribution in [3.63, 3.8) is 0 Å². The predicted molar refractivity (Wildman–Crippen MR) is 102 cm³/mol. The first-order valence-electron chi connectivity index (χ1n) is 9.14. The van der Waals surface area contributed by atoms with E-state index in [1.807, 2.05) is 12.1 Å². The van der Waals surface area contributed by atoms with E-state index < -0.39 is 0 Å². The van der Waals surface area contributed by atoms with E-state index in [0.29, 0.717) is 18.2 Å². The van der Waals surface area contributed by atoms with Crippen LogP contribution in [0, 0.1) is 0 Å². The van der Waals surface area contributed by atoms with Gasteiger partial charge < -0.3 is 9.72 Å². The van der Waals surface area contributed by atoms with Gasteiger partial charge >= 0.3 is 5.30 Å². The molecule has 1 spiro atoms. The van der Waals surface area contributed by atoms with Gasteiger partial charge in [0.05, 0.1) is 23.6 Å². The van der Waals surface area contributed by atoms with Gasteiger partial charge in [0.2, 0.25) is 0 Å². The average molecular weight is 370 g/mol. The number of H-pyrrole nitrogens is 1. The van der Waals surface area contributed by atoms with Crippen LogP contribution < -0.4 is 5.56 Å². The van der Waals surface area contributed by atoms with Crippen molar-refractivity contribution in [2.45, 2.75) is 50.2 Å². The number of hydrogen-bond acceptors (Lipinski definition) is 5. The Labute approximate surface area is 156 Å². The lowest BCUT2D eigenvalue weighted by atomic mass is 9.68. The summed E-state index contributed by atoms with van der Waals surface area (Å²) in [5, 5.41) is -0.347. The van der Waals surface area contributed by atoms with Crippen molar-refractivity contribution in [1.82, 2.24) is 9.97 Å². The lowest BCUT2D eigenvalue weighted by molar-refractivity contribution is 0.181. The number of ether oxygens (including phenoxy) is 1. The van der Waals surface area contributed by atoms with E-state index >= 15 is 0 Å². The van der Waals surface area contributed by atoms with Gasteiger partial charge in [0.25, 0.3) is 5.56 Å². The van der Waals surface area contributed by atoms with Crippen molar-refractivity contribution in [3.05, 3.63) is 51.6 Å². The molecule has 1 fully saturated rings. The van der Waals surface area contributed by atoms with Gasteiger partial charge in [0.15, 0.2) is 0 Å². The first-order chi connectivity index (χ1) is 12.6. The maximum atomic E-state index is 13.0. The lowest BCUT2D eigenvalue weighted by Gasteiger charge is -2.35. The number of rotatable bonds is 3. The highest BCUT2D eigenvalue weighted by molar-refractivity contribution is 8.12. The first-order valence-corrected chi connectivity index (χ1v) is 10.1. The predicted octanol–water partition coefficient (Wildman–Crippen LogP) is 4.19. The van der Waals surface area contributed by atoms with Crippen LogP contribution in [0.3, 0.4) is 0 Å². The SMILES string of the molecule is CCOC(=O)SCc1nc2c(c(=O)[nH]1)C1(CCCC1)Cc1ccccc1-2. The van der Waals surface area contributed by atoms with Gasteiger partial charge in [-0.3, -0.25) is 4.79 Å². The number of carbonyl (C=O) groups excluding carboxylic acids is 1. The third-order valence-electron chi connectivity index (χ3n) is 5.45. The summed E-state index contributed by atoms with van der Waals surface area (Å²) in [5.41, 5.74) is 3.83. The van der Waals surface area contributed by atoms with Crippen molar-refractivity contribution < 1.29 is 9.53 Å². The Morgan fingerprint density at radius 2 is 2.08 bits per heavy atom. The van der Waals surface area contributed by atoms with Gasteiger partial charge in [-0.1, -0.05) is 37.1 Å². The minimum absolute atomic E-state index is 0.0501. The summed E-state index contributed by atoms with van der Waals surface area (Å²) >= 11 is 1.02. The van der Waals surface area contributed by atoms with Crippen LogP contribution in [0.15, 0.2) is 29.1 Å². The number of nitrogens with zero attached hydrogens (tertiary/aromatic N) is 1. The number of benzene rings is 1. The minimum Gasteiger partial charge on any atom is -0.458 e. The third-order valence-corrected chi connectivity index (χ3v) is 6.22. The molecule has 6 heteroatoms. The Morgan fingerprint density at radius 1 is 1.31 bits per heavy atom. The topological polar surface area (TPSA) is 72.0 Å². The molecule has 1 N–H and O–H groups in total. The van der Waals surface area contributed by atoms with E-state index in [4.69, 9.17) is 9.72 Å². The number of carbonyl (C=O) groups is 1. The molecular formula is C20H22N2O3S. The number of nitrogens with one attached hydrogen (secondary N) is 1. The molecule has 0 aliphatic heterocycles. The Kier molecular flexibility index (Phi) is 4.61. The summed E-state index contributed by atoms with van der Waals surface area (Å²) in [7, 11) is 0. The highest BCUT2D eigenvalue weighted by Crippen LogP contribution is 2.49. The molecule has 0 radical (unpaired) electrons. The van der Waals surface area contributed by atoms with Crippen LogP contribution in [-0.4, -0.2) is 21.9 Å².